The number of phenols is 1. The first kappa shape index (κ1) is 18.3. The number of aromatic hydroxyl groups is 1. The molecule has 0 bridgehead atoms. The van der Waals surface area contributed by atoms with Gasteiger partial charge < -0.3 is 10.4 Å². The number of benzene rings is 1. The minimum atomic E-state index is -0.167. The van der Waals surface area contributed by atoms with Crippen LogP contribution in [0.1, 0.15) is 66.5 Å². The van der Waals surface area contributed by atoms with Crippen LogP contribution >= 0.6 is 0 Å². The third-order valence-corrected chi connectivity index (χ3v) is 3.54. The minimum Gasteiger partial charge on any atom is -0.505 e. The van der Waals surface area contributed by atoms with E-state index >= 15 is 0 Å². The molecule has 0 atom stereocenters. The number of hydrogen-bond acceptors (Lipinski definition) is 3. The molecule has 3 nitrogen and oxygen atoms in total. The summed E-state index contributed by atoms with van der Waals surface area (Å²) < 4.78 is 0. The van der Waals surface area contributed by atoms with Crippen LogP contribution in [0.25, 0.3) is 0 Å². The van der Waals surface area contributed by atoms with Crippen molar-refractivity contribution in [1.29, 1.82) is 0 Å². The summed E-state index contributed by atoms with van der Waals surface area (Å²) in [5, 5.41) is 13.8. The zero-order valence-corrected chi connectivity index (χ0v) is 15.1. The molecule has 3 heteroatoms. The van der Waals surface area contributed by atoms with E-state index in [0.717, 1.165) is 11.1 Å². The van der Waals surface area contributed by atoms with E-state index in [1.165, 1.54) is 13.0 Å². The lowest BCUT2D eigenvalue weighted by Gasteiger charge is -2.27. The fourth-order valence-corrected chi connectivity index (χ4v) is 2.29. The van der Waals surface area contributed by atoms with Gasteiger partial charge in [-0.25, -0.2) is 0 Å². The van der Waals surface area contributed by atoms with E-state index in [-0.39, 0.29) is 22.4 Å². The normalized spacial score (nSPS) is 13.2. The number of nitrogens with one attached hydrogen (secondary N) is 1. The number of rotatable bonds is 3. The molecule has 0 radical (unpaired) electrons. The third kappa shape index (κ3) is 4.62. The van der Waals surface area contributed by atoms with Gasteiger partial charge >= 0.3 is 0 Å². The molecule has 0 fully saturated rings. The average molecular weight is 303 g/mol. The predicted octanol–water partition coefficient (Wildman–Crippen LogP) is 4.89. The van der Waals surface area contributed by atoms with Crippen LogP contribution < -0.4 is 5.32 Å². The second-order valence-electron chi connectivity index (χ2n) is 7.98. The van der Waals surface area contributed by atoms with Gasteiger partial charge in [0.2, 0.25) is 0 Å². The van der Waals surface area contributed by atoms with Crippen molar-refractivity contribution in [2.75, 3.05) is 5.32 Å². The highest BCUT2D eigenvalue weighted by Crippen LogP contribution is 2.40. The third-order valence-electron chi connectivity index (χ3n) is 3.54. The van der Waals surface area contributed by atoms with Crippen molar-refractivity contribution in [2.24, 2.45) is 0 Å². The van der Waals surface area contributed by atoms with E-state index in [2.05, 4.69) is 52.9 Å². The summed E-state index contributed by atoms with van der Waals surface area (Å²) in [7, 11) is 0. The molecule has 0 spiro atoms. The summed E-state index contributed by atoms with van der Waals surface area (Å²) in [4.78, 5) is 11.2. The number of anilines is 1. The molecule has 0 aromatic heterocycles. The number of carbonyl (C=O) groups is 1. The van der Waals surface area contributed by atoms with Crippen LogP contribution in [0.15, 0.2) is 23.9 Å². The molecule has 0 saturated heterocycles. The molecule has 1 aromatic rings. The summed E-state index contributed by atoms with van der Waals surface area (Å²) in [6, 6.07) is 4.03. The number of hydrogen-bond donors (Lipinski definition) is 2. The van der Waals surface area contributed by atoms with Gasteiger partial charge in [-0.15, -0.1) is 0 Å². The smallest absolute Gasteiger partial charge is 0.154 e. The Morgan fingerprint density at radius 2 is 1.59 bits per heavy atom. The molecule has 0 aliphatic rings. The Kier molecular flexibility index (Phi) is 5.11. The molecular formula is C19H29NO2. The molecule has 22 heavy (non-hydrogen) atoms. The molecule has 0 amide bonds. The predicted molar refractivity (Wildman–Crippen MR) is 93.6 cm³/mol. The number of phenolic OH excluding ortho intramolecular Hbond substituents is 1. The maximum absolute atomic E-state index is 11.2. The Bertz CT molecular complexity index is 599. The van der Waals surface area contributed by atoms with Gasteiger partial charge in [0.05, 0.1) is 5.69 Å². The van der Waals surface area contributed by atoms with Crippen LogP contribution in [-0.2, 0) is 15.6 Å². The van der Waals surface area contributed by atoms with Crippen molar-refractivity contribution in [3.8, 4) is 5.75 Å². The Morgan fingerprint density at radius 1 is 1.05 bits per heavy atom. The monoisotopic (exact) mass is 303 g/mol. The summed E-state index contributed by atoms with van der Waals surface area (Å²) in [6.45, 7) is 16.0. The molecule has 0 aliphatic carbocycles. The molecular weight excluding hydrogens is 274 g/mol. The molecule has 122 valence electrons. The second kappa shape index (κ2) is 6.15. The van der Waals surface area contributed by atoms with E-state index in [0.29, 0.717) is 11.4 Å². The lowest BCUT2D eigenvalue weighted by atomic mass is 9.79. The zero-order chi connectivity index (χ0) is 17.3. The van der Waals surface area contributed by atoms with E-state index in [1.807, 2.05) is 13.0 Å². The highest BCUT2D eigenvalue weighted by atomic mass is 16.3. The molecule has 1 aromatic carbocycles. The molecule has 0 heterocycles. The van der Waals surface area contributed by atoms with E-state index in [4.69, 9.17) is 0 Å². The fourth-order valence-electron chi connectivity index (χ4n) is 2.29. The highest BCUT2D eigenvalue weighted by molar-refractivity contribution is 5.88. The van der Waals surface area contributed by atoms with Crippen molar-refractivity contribution in [3.05, 3.63) is 35.0 Å². The average Bonchev–Trinajstić information content (AvgIpc) is 2.27. The summed E-state index contributed by atoms with van der Waals surface area (Å²) in [5.74, 6) is 0.226. The van der Waals surface area contributed by atoms with Gasteiger partial charge in [0, 0.05) is 11.3 Å². The zero-order valence-electron chi connectivity index (χ0n) is 15.1. The quantitative estimate of drug-likeness (QED) is 0.617. The number of allylic oxidation sites excluding steroid dienone is 2. The first-order valence-electron chi connectivity index (χ1n) is 7.66. The van der Waals surface area contributed by atoms with E-state index in [9.17, 15) is 9.90 Å². The van der Waals surface area contributed by atoms with Gasteiger partial charge in [0.25, 0.3) is 0 Å². The lowest BCUT2D eigenvalue weighted by Crippen LogP contribution is -2.17. The Balaban J connectivity index is 3.47. The van der Waals surface area contributed by atoms with Crippen molar-refractivity contribution in [3.63, 3.8) is 0 Å². The summed E-state index contributed by atoms with van der Waals surface area (Å²) >= 11 is 0. The van der Waals surface area contributed by atoms with Gasteiger partial charge in [-0.2, -0.15) is 0 Å². The standard InChI is InChI=1S/C19H29NO2/c1-12(9-13(2)21)20-16-11-14(18(3,4)5)10-15(17(16)22)19(6,7)8/h9-11,20,22H,1-8H3/b12-9-. The van der Waals surface area contributed by atoms with Gasteiger partial charge in [0.15, 0.2) is 5.78 Å². The molecule has 2 N–H and O–H groups in total. The van der Waals surface area contributed by atoms with Gasteiger partial charge in [0.1, 0.15) is 5.75 Å². The van der Waals surface area contributed by atoms with E-state index in [1.54, 1.807) is 0 Å². The Morgan fingerprint density at radius 3 is 2.00 bits per heavy atom. The maximum Gasteiger partial charge on any atom is 0.154 e. The van der Waals surface area contributed by atoms with Crippen molar-refractivity contribution in [2.45, 2.75) is 66.2 Å². The van der Waals surface area contributed by atoms with Gasteiger partial charge in [-0.1, -0.05) is 47.6 Å². The Hall–Kier alpha value is -1.77. The molecule has 0 saturated carbocycles. The summed E-state index contributed by atoms with van der Waals surface area (Å²) in [5.41, 5.74) is 3.22. The fraction of sp³-hybridized carbons (Fsp3) is 0.526. The number of ketones is 1. The molecule has 0 aliphatic heterocycles. The van der Waals surface area contributed by atoms with Crippen LogP contribution in [0.4, 0.5) is 5.69 Å². The highest BCUT2D eigenvalue weighted by Gasteiger charge is 2.25. The van der Waals surface area contributed by atoms with Crippen LogP contribution in [-0.4, -0.2) is 10.9 Å². The van der Waals surface area contributed by atoms with Crippen molar-refractivity contribution < 1.29 is 9.90 Å². The van der Waals surface area contributed by atoms with Crippen molar-refractivity contribution >= 4 is 11.5 Å². The number of carbonyl (C=O) groups excluding carboxylic acids is 1. The second-order valence-corrected chi connectivity index (χ2v) is 7.98. The first-order valence-corrected chi connectivity index (χ1v) is 7.66. The van der Waals surface area contributed by atoms with Crippen LogP contribution in [0.3, 0.4) is 0 Å². The van der Waals surface area contributed by atoms with Gasteiger partial charge in [-0.05, 0) is 42.4 Å². The van der Waals surface area contributed by atoms with Crippen LogP contribution in [0, 0.1) is 0 Å². The largest absolute Gasteiger partial charge is 0.505 e. The van der Waals surface area contributed by atoms with Crippen LogP contribution in [0.2, 0.25) is 0 Å². The molecule has 0 unspecified atom stereocenters. The lowest BCUT2D eigenvalue weighted by molar-refractivity contribution is -0.112. The molecule has 1 rings (SSSR count). The van der Waals surface area contributed by atoms with Gasteiger partial charge in [-0.3, -0.25) is 4.79 Å². The minimum absolute atomic E-state index is 0.0208. The maximum atomic E-state index is 11.2. The van der Waals surface area contributed by atoms with E-state index < -0.39 is 0 Å². The topological polar surface area (TPSA) is 49.3 Å². The summed E-state index contributed by atoms with van der Waals surface area (Å²) in [6.07, 6.45) is 1.53. The SMILES string of the molecule is CC(=O)/C=C(/C)Nc1cc(C(C)(C)C)cc(C(C)(C)C)c1O. The Labute approximate surface area is 134 Å². The first-order chi connectivity index (χ1) is 9.82. The van der Waals surface area contributed by atoms with Crippen LogP contribution in [0.5, 0.6) is 5.75 Å². The van der Waals surface area contributed by atoms with Crippen molar-refractivity contribution in [1.82, 2.24) is 0 Å².